The minimum absolute atomic E-state index is 0.0268. The van der Waals surface area contributed by atoms with Crippen molar-refractivity contribution in [3.8, 4) is 0 Å². The first kappa shape index (κ1) is 15.1. The van der Waals surface area contributed by atoms with Crippen molar-refractivity contribution in [2.45, 2.75) is 17.9 Å². The SMILES string of the molecule is NS(=O)(=O)c1cccc(CNC(=O)Cc2ccccn2)c1. The minimum atomic E-state index is -3.74. The highest BCUT2D eigenvalue weighted by Gasteiger charge is 2.09. The average Bonchev–Trinajstić information content (AvgIpc) is 2.46. The topological polar surface area (TPSA) is 102 Å². The van der Waals surface area contributed by atoms with Crippen LogP contribution in [-0.2, 0) is 27.8 Å². The summed E-state index contributed by atoms with van der Waals surface area (Å²) in [6.07, 6.45) is 1.80. The van der Waals surface area contributed by atoms with Crippen LogP contribution in [-0.4, -0.2) is 19.3 Å². The number of nitrogens with zero attached hydrogens (tertiary/aromatic N) is 1. The maximum Gasteiger partial charge on any atom is 0.238 e. The molecule has 110 valence electrons. The molecule has 0 aliphatic carbocycles. The standard InChI is InChI=1S/C14H15N3O3S/c15-21(19,20)13-6-3-4-11(8-13)10-17-14(18)9-12-5-1-2-7-16-12/h1-8H,9-10H2,(H,17,18)(H2,15,19,20). The minimum Gasteiger partial charge on any atom is -0.352 e. The molecule has 0 fully saturated rings. The predicted molar refractivity (Wildman–Crippen MR) is 77.6 cm³/mol. The van der Waals surface area contributed by atoms with Crippen LogP contribution in [0, 0.1) is 0 Å². The molecule has 0 aliphatic rings. The van der Waals surface area contributed by atoms with Crippen LogP contribution in [0.3, 0.4) is 0 Å². The summed E-state index contributed by atoms with van der Waals surface area (Å²) in [5, 5.41) is 7.77. The summed E-state index contributed by atoms with van der Waals surface area (Å²) in [6.45, 7) is 0.231. The molecule has 0 saturated heterocycles. The fourth-order valence-corrected chi connectivity index (χ4v) is 2.35. The normalized spacial score (nSPS) is 11.1. The van der Waals surface area contributed by atoms with Gasteiger partial charge < -0.3 is 5.32 Å². The van der Waals surface area contributed by atoms with Crippen LogP contribution < -0.4 is 10.5 Å². The van der Waals surface area contributed by atoms with Gasteiger partial charge in [0.05, 0.1) is 11.3 Å². The number of hydrogen-bond donors (Lipinski definition) is 2. The van der Waals surface area contributed by atoms with Crippen molar-refractivity contribution in [1.82, 2.24) is 10.3 Å². The van der Waals surface area contributed by atoms with E-state index in [0.717, 1.165) is 0 Å². The molecule has 0 saturated carbocycles. The van der Waals surface area contributed by atoms with Gasteiger partial charge in [-0.15, -0.1) is 0 Å². The number of sulfonamides is 1. The van der Waals surface area contributed by atoms with Crippen molar-refractivity contribution in [1.29, 1.82) is 0 Å². The van der Waals surface area contributed by atoms with E-state index in [4.69, 9.17) is 5.14 Å². The van der Waals surface area contributed by atoms with Gasteiger partial charge in [-0.3, -0.25) is 9.78 Å². The maximum absolute atomic E-state index is 11.8. The van der Waals surface area contributed by atoms with Crippen molar-refractivity contribution < 1.29 is 13.2 Å². The summed E-state index contributed by atoms with van der Waals surface area (Å²) in [4.78, 5) is 15.9. The number of nitrogens with one attached hydrogen (secondary N) is 1. The van der Waals surface area contributed by atoms with E-state index >= 15 is 0 Å². The van der Waals surface area contributed by atoms with Crippen molar-refractivity contribution in [3.63, 3.8) is 0 Å². The zero-order chi connectivity index (χ0) is 15.3. The summed E-state index contributed by atoms with van der Waals surface area (Å²) in [6, 6.07) is 11.5. The van der Waals surface area contributed by atoms with Gasteiger partial charge in [0.1, 0.15) is 0 Å². The van der Waals surface area contributed by atoms with Gasteiger partial charge in [0.25, 0.3) is 0 Å². The third-order valence-corrected chi connectivity index (χ3v) is 3.70. The Balaban J connectivity index is 1.96. The maximum atomic E-state index is 11.8. The molecule has 2 rings (SSSR count). The number of carbonyl (C=O) groups is 1. The molecule has 0 spiro atoms. The number of rotatable bonds is 5. The number of nitrogens with two attached hydrogens (primary N) is 1. The number of amides is 1. The molecule has 1 amide bonds. The Labute approximate surface area is 123 Å². The molecule has 0 bridgehead atoms. The lowest BCUT2D eigenvalue weighted by atomic mass is 10.2. The highest BCUT2D eigenvalue weighted by Crippen LogP contribution is 2.09. The van der Waals surface area contributed by atoms with Gasteiger partial charge >= 0.3 is 0 Å². The molecular formula is C14H15N3O3S. The molecule has 21 heavy (non-hydrogen) atoms. The Morgan fingerprint density at radius 3 is 2.67 bits per heavy atom. The predicted octanol–water partition coefficient (Wildman–Crippen LogP) is 0.588. The van der Waals surface area contributed by atoms with E-state index < -0.39 is 10.0 Å². The second kappa shape index (κ2) is 6.47. The first-order valence-corrected chi connectivity index (χ1v) is 7.78. The fourth-order valence-electron chi connectivity index (χ4n) is 1.76. The van der Waals surface area contributed by atoms with Gasteiger partial charge in [-0.25, -0.2) is 13.6 Å². The van der Waals surface area contributed by atoms with E-state index in [9.17, 15) is 13.2 Å². The van der Waals surface area contributed by atoms with Crippen molar-refractivity contribution in [2.75, 3.05) is 0 Å². The molecule has 0 aliphatic heterocycles. The van der Waals surface area contributed by atoms with Crippen molar-refractivity contribution in [2.24, 2.45) is 5.14 Å². The van der Waals surface area contributed by atoms with Crippen LogP contribution in [0.4, 0.5) is 0 Å². The monoisotopic (exact) mass is 305 g/mol. The first-order chi connectivity index (χ1) is 9.95. The van der Waals surface area contributed by atoms with Crippen LogP contribution >= 0.6 is 0 Å². The number of benzene rings is 1. The average molecular weight is 305 g/mol. The summed E-state index contributed by atoms with van der Waals surface area (Å²) in [5.74, 6) is -0.185. The molecule has 1 aromatic heterocycles. The quantitative estimate of drug-likeness (QED) is 0.843. The Bertz CT molecular complexity index is 730. The van der Waals surface area contributed by atoms with Crippen LogP contribution in [0.5, 0.6) is 0 Å². The van der Waals surface area contributed by atoms with Crippen LogP contribution in [0.2, 0.25) is 0 Å². The molecule has 0 atom stereocenters. The van der Waals surface area contributed by atoms with Crippen LogP contribution in [0.1, 0.15) is 11.3 Å². The Hall–Kier alpha value is -2.25. The number of hydrogen-bond acceptors (Lipinski definition) is 4. The number of carbonyl (C=O) groups excluding carboxylic acids is 1. The third-order valence-electron chi connectivity index (χ3n) is 2.78. The highest BCUT2D eigenvalue weighted by molar-refractivity contribution is 7.89. The first-order valence-electron chi connectivity index (χ1n) is 6.23. The van der Waals surface area contributed by atoms with E-state index in [0.29, 0.717) is 11.3 Å². The second-order valence-electron chi connectivity index (χ2n) is 4.47. The third kappa shape index (κ3) is 4.66. The van der Waals surface area contributed by atoms with E-state index in [-0.39, 0.29) is 23.8 Å². The van der Waals surface area contributed by atoms with Crippen molar-refractivity contribution >= 4 is 15.9 Å². The number of pyridine rings is 1. The van der Waals surface area contributed by atoms with Crippen molar-refractivity contribution in [3.05, 3.63) is 59.9 Å². The summed E-state index contributed by atoms with van der Waals surface area (Å²) in [5.41, 5.74) is 1.34. The molecule has 7 heteroatoms. The molecular weight excluding hydrogens is 290 g/mol. The summed E-state index contributed by atoms with van der Waals surface area (Å²) >= 11 is 0. The summed E-state index contributed by atoms with van der Waals surface area (Å²) < 4.78 is 22.5. The van der Waals surface area contributed by atoms with E-state index in [2.05, 4.69) is 10.3 Å². The lowest BCUT2D eigenvalue weighted by Gasteiger charge is -2.06. The lowest BCUT2D eigenvalue weighted by molar-refractivity contribution is -0.120. The Morgan fingerprint density at radius 2 is 2.00 bits per heavy atom. The molecule has 1 aromatic carbocycles. The molecule has 3 N–H and O–H groups in total. The lowest BCUT2D eigenvalue weighted by Crippen LogP contribution is -2.25. The number of primary sulfonamides is 1. The molecule has 2 aromatic rings. The van der Waals surface area contributed by atoms with Gasteiger partial charge in [0, 0.05) is 18.4 Å². The smallest absolute Gasteiger partial charge is 0.238 e. The van der Waals surface area contributed by atoms with E-state index in [1.165, 1.54) is 12.1 Å². The number of aromatic nitrogens is 1. The van der Waals surface area contributed by atoms with E-state index in [1.807, 2.05) is 6.07 Å². The highest BCUT2D eigenvalue weighted by atomic mass is 32.2. The summed E-state index contributed by atoms with van der Waals surface area (Å²) in [7, 11) is -3.74. The van der Waals surface area contributed by atoms with Gasteiger partial charge in [0.15, 0.2) is 0 Å². The Kier molecular flexibility index (Phi) is 4.66. The molecule has 1 heterocycles. The molecule has 6 nitrogen and oxygen atoms in total. The van der Waals surface area contributed by atoms with Gasteiger partial charge in [-0.05, 0) is 29.8 Å². The molecule has 0 radical (unpaired) electrons. The van der Waals surface area contributed by atoms with Crippen LogP contribution in [0.15, 0.2) is 53.6 Å². The fraction of sp³-hybridized carbons (Fsp3) is 0.143. The second-order valence-corrected chi connectivity index (χ2v) is 6.03. The van der Waals surface area contributed by atoms with E-state index in [1.54, 1.807) is 30.5 Å². The molecule has 0 unspecified atom stereocenters. The zero-order valence-electron chi connectivity index (χ0n) is 11.2. The van der Waals surface area contributed by atoms with Gasteiger partial charge in [-0.2, -0.15) is 0 Å². The van der Waals surface area contributed by atoms with Gasteiger partial charge in [0.2, 0.25) is 15.9 Å². The largest absolute Gasteiger partial charge is 0.352 e. The van der Waals surface area contributed by atoms with Gasteiger partial charge in [-0.1, -0.05) is 18.2 Å². The Morgan fingerprint density at radius 1 is 1.19 bits per heavy atom. The zero-order valence-corrected chi connectivity index (χ0v) is 12.0. The van der Waals surface area contributed by atoms with Crippen LogP contribution in [0.25, 0.3) is 0 Å².